The van der Waals surface area contributed by atoms with Crippen LogP contribution < -0.4 is 10.2 Å². The Hall–Kier alpha value is -1.85. The number of anilines is 1. The summed E-state index contributed by atoms with van der Waals surface area (Å²) in [5.74, 6) is 0.379. The maximum atomic E-state index is 12.9. The van der Waals surface area contributed by atoms with Crippen LogP contribution >= 0.6 is 12.4 Å². The van der Waals surface area contributed by atoms with Gasteiger partial charge in [-0.15, -0.1) is 12.4 Å². The summed E-state index contributed by atoms with van der Waals surface area (Å²) in [4.78, 5) is 14.8. The van der Waals surface area contributed by atoms with Crippen molar-refractivity contribution >= 4 is 24.0 Å². The van der Waals surface area contributed by atoms with E-state index in [4.69, 9.17) is 0 Å². The highest BCUT2D eigenvalue weighted by Crippen LogP contribution is 2.36. The Labute approximate surface area is 148 Å². The largest absolute Gasteiger partial charge is 0.315 e. The van der Waals surface area contributed by atoms with E-state index in [-0.39, 0.29) is 18.3 Å². The molecule has 0 aliphatic carbocycles. The van der Waals surface area contributed by atoms with Gasteiger partial charge in [-0.25, -0.2) is 0 Å². The highest BCUT2D eigenvalue weighted by molar-refractivity contribution is 6.06. The third-order valence-electron chi connectivity index (χ3n) is 4.93. The van der Waals surface area contributed by atoms with Crippen LogP contribution in [0.5, 0.6) is 0 Å². The number of nitrogens with one attached hydrogen (secondary N) is 1. The number of carbonyl (C=O) groups is 1. The fraction of sp³-hybridized carbons (Fsp3) is 0.444. The van der Waals surface area contributed by atoms with E-state index in [1.54, 1.807) is 0 Å². The van der Waals surface area contributed by atoms with E-state index >= 15 is 0 Å². The number of benzene rings is 1. The van der Waals surface area contributed by atoms with Crippen LogP contribution in [0, 0.1) is 0 Å². The lowest BCUT2D eigenvalue weighted by Crippen LogP contribution is -2.33. The number of carbonyl (C=O) groups excluding carboxylic acids is 1. The third kappa shape index (κ3) is 2.94. The molecule has 4 rings (SSSR count). The maximum Gasteiger partial charge on any atom is 0.278 e. The average Bonchev–Trinajstić information content (AvgIpc) is 3.21. The van der Waals surface area contributed by atoms with Crippen molar-refractivity contribution in [2.24, 2.45) is 0 Å². The first kappa shape index (κ1) is 17.0. The lowest BCUT2D eigenvalue weighted by Gasteiger charge is -2.23. The summed E-state index contributed by atoms with van der Waals surface area (Å²) >= 11 is 0. The van der Waals surface area contributed by atoms with Crippen LogP contribution in [0.25, 0.3) is 0 Å². The number of aromatic nitrogens is 2. The highest BCUT2D eigenvalue weighted by Gasteiger charge is 2.31. The smallest absolute Gasteiger partial charge is 0.278 e. The van der Waals surface area contributed by atoms with Gasteiger partial charge in [0.05, 0.1) is 6.04 Å². The molecule has 2 aliphatic rings. The van der Waals surface area contributed by atoms with Gasteiger partial charge in [-0.2, -0.15) is 5.10 Å². The highest BCUT2D eigenvalue weighted by atomic mass is 35.5. The Kier molecular flexibility index (Phi) is 4.92. The van der Waals surface area contributed by atoms with Crippen molar-refractivity contribution in [1.82, 2.24) is 15.1 Å². The second kappa shape index (κ2) is 6.95. The lowest BCUT2D eigenvalue weighted by atomic mass is 10.0. The Morgan fingerprint density at radius 3 is 2.92 bits per heavy atom. The van der Waals surface area contributed by atoms with Crippen molar-refractivity contribution in [3.8, 4) is 0 Å². The van der Waals surface area contributed by atoms with Gasteiger partial charge in [0.25, 0.3) is 5.91 Å². The number of amides is 1. The molecule has 3 heterocycles. The van der Waals surface area contributed by atoms with Gasteiger partial charge >= 0.3 is 0 Å². The molecule has 128 valence electrons. The minimum atomic E-state index is 0. The molecule has 2 unspecified atom stereocenters. The molecule has 2 atom stereocenters. The molecule has 1 amide bonds. The molecular weight excluding hydrogens is 324 g/mol. The van der Waals surface area contributed by atoms with E-state index < -0.39 is 0 Å². The molecule has 2 aromatic rings. The quantitative estimate of drug-likeness (QED) is 0.909. The van der Waals surface area contributed by atoms with E-state index in [9.17, 15) is 4.79 Å². The number of rotatable bonds is 2. The van der Waals surface area contributed by atoms with Crippen molar-refractivity contribution in [2.75, 3.05) is 24.5 Å². The predicted molar refractivity (Wildman–Crippen MR) is 97.1 cm³/mol. The number of nitrogens with zero attached hydrogens (tertiary/aromatic N) is 3. The van der Waals surface area contributed by atoms with Crippen molar-refractivity contribution in [1.29, 1.82) is 0 Å². The molecule has 1 fully saturated rings. The third-order valence-corrected chi connectivity index (χ3v) is 4.93. The normalized spacial score (nSPS) is 22.8. The second-order valence-corrected chi connectivity index (χ2v) is 6.56. The van der Waals surface area contributed by atoms with E-state index in [2.05, 4.69) is 23.4 Å². The summed E-state index contributed by atoms with van der Waals surface area (Å²) in [6.07, 6.45) is 4.22. The van der Waals surface area contributed by atoms with Crippen LogP contribution in [0.15, 0.2) is 36.5 Å². The lowest BCUT2D eigenvalue weighted by molar-refractivity contribution is 0.0982. The van der Waals surface area contributed by atoms with E-state index in [0.29, 0.717) is 17.7 Å². The monoisotopic (exact) mass is 346 g/mol. The first-order valence-electron chi connectivity index (χ1n) is 8.40. The number of para-hydroxylation sites is 1. The van der Waals surface area contributed by atoms with Gasteiger partial charge < -0.3 is 10.2 Å². The van der Waals surface area contributed by atoms with Crippen molar-refractivity contribution < 1.29 is 4.79 Å². The zero-order valence-corrected chi connectivity index (χ0v) is 14.6. The van der Waals surface area contributed by atoms with Crippen LogP contribution in [0.4, 0.5) is 5.69 Å². The number of piperidine rings is 1. The minimum absolute atomic E-state index is 0. The zero-order chi connectivity index (χ0) is 15.8. The van der Waals surface area contributed by atoms with Gasteiger partial charge in [-0.3, -0.25) is 9.48 Å². The zero-order valence-electron chi connectivity index (χ0n) is 13.8. The minimum Gasteiger partial charge on any atom is -0.315 e. The van der Waals surface area contributed by atoms with Gasteiger partial charge in [0.1, 0.15) is 0 Å². The van der Waals surface area contributed by atoms with Crippen LogP contribution in [0.2, 0.25) is 0 Å². The second-order valence-electron chi connectivity index (χ2n) is 6.56. The van der Waals surface area contributed by atoms with Crippen LogP contribution in [-0.4, -0.2) is 35.3 Å². The van der Waals surface area contributed by atoms with Gasteiger partial charge in [0.15, 0.2) is 5.69 Å². The van der Waals surface area contributed by atoms with E-state index in [1.807, 2.05) is 40.0 Å². The molecule has 6 heteroatoms. The summed E-state index contributed by atoms with van der Waals surface area (Å²) in [5.41, 5.74) is 2.81. The average molecular weight is 347 g/mol. The molecule has 1 N–H and O–H groups in total. The molecule has 0 saturated carbocycles. The first-order valence-corrected chi connectivity index (χ1v) is 8.40. The number of fused-ring (bicyclic) bond motifs is 1. The van der Waals surface area contributed by atoms with Crippen LogP contribution in [0.1, 0.15) is 47.8 Å². The molecule has 5 nitrogen and oxygen atoms in total. The molecule has 1 saturated heterocycles. The molecule has 0 radical (unpaired) electrons. The molecule has 1 aromatic carbocycles. The fourth-order valence-corrected chi connectivity index (χ4v) is 3.67. The van der Waals surface area contributed by atoms with Gasteiger partial charge in [-0.1, -0.05) is 25.1 Å². The Bertz CT molecular complexity index is 723. The molecule has 1 aromatic heterocycles. The van der Waals surface area contributed by atoms with Crippen molar-refractivity contribution in [3.63, 3.8) is 0 Å². The van der Waals surface area contributed by atoms with Gasteiger partial charge in [0, 0.05) is 30.9 Å². The molecule has 0 spiro atoms. The molecule has 0 bridgehead atoms. The van der Waals surface area contributed by atoms with Gasteiger partial charge in [-0.05, 0) is 37.1 Å². The van der Waals surface area contributed by atoms with E-state index in [1.165, 1.54) is 5.56 Å². The standard InChI is InChI=1S/C18H22N4O.ClH/c1-13-12-21(17-7-3-2-6-15(13)17)18(23)16-8-10-22(20-16)14-5-4-9-19-11-14;/h2-3,6-8,10,13-14,19H,4-5,9,11-12H2,1H3;1H. The first-order chi connectivity index (χ1) is 11.2. The Morgan fingerprint density at radius 1 is 1.29 bits per heavy atom. The summed E-state index contributed by atoms with van der Waals surface area (Å²) in [7, 11) is 0. The Balaban J connectivity index is 0.00000169. The Morgan fingerprint density at radius 2 is 2.12 bits per heavy atom. The SMILES string of the molecule is CC1CN(C(=O)c2ccn(C3CCCNC3)n2)c2ccccc21.Cl. The maximum absolute atomic E-state index is 12.9. The van der Waals surface area contributed by atoms with Gasteiger partial charge in [0.2, 0.25) is 0 Å². The van der Waals surface area contributed by atoms with E-state index in [0.717, 1.165) is 38.2 Å². The number of hydrogen-bond donors (Lipinski definition) is 1. The van der Waals surface area contributed by atoms with Crippen molar-refractivity contribution in [2.45, 2.75) is 31.7 Å². The topological polar surface area (TPSA) is 50.2 Å². The summed E-state index contributed by atoms with van der Waals surface area (Å²) in [5, 5.41) is 7.95. The predicted octanol–water partition coefficient (Wildman–Crippen LogP) is 2.99. The molecule has 24 heavy (non-hydrogen) atoms. The van der Waals surface area contributed by atoms with Crippen molar-refractivity contribution in [3.05, 3.63) is 47.8 Å². The number of halogens is 1. The molecular formula is C18H23ClN4O. The van der Waals surface area contributed by atoms with Crippen LogP contribution in [-0.2, 0) is 0 Å². The fourth-order valence-electron chi connectivity index (χ4n) is 3.67. The summed E-state index contributed by atoms with van der Waals surface area (Å²) < 4.78 is 1.95. The van der Waals surface area contributed by atoms with Crippen LogP contribution in [0.3, 0.4) is 0 Å². The summed E-state index contributed by atoms with van der Waals surface area (Å²) in [6, 6.07) is 10.4. The summed E-state index contributed by atoms with van der Waals surface area (Å²) in [6.45, 7) is 4.90. The molecule has 2 aliphatic heterocycles. The number of hydrogen-bond acceptors (Lipinski definition) is 3.